The highest BCUT2D eigenvalue weighted by Gasteiger charge is 2.08. The van der Waals surface area contributed by atoms with Gasteiger partial charge in [0.05, 0.1) is 0 Å². The zero-order chi connectivity index (χ0) is 11.4. The number of halogens is 1. The van der Waals surface area contributed by atoms with Gasteiger partial charge in [-0.3, -0.25) is 9.78 Å². The third-order valence-corrected chi connectivity index (χ3v) is 3.25. The lowest BCUT2D eigenvalue weighted by Gasteiger charge is -2.02. The number of carbonyl (C=O) groups is 1. The van der Waals surface area contributed by atoms with E-state index in [4.69, 9.17) is 0 Å². The molecule has 1 N–H and O–H groups in total. The predicted octanol–water partition coefficient (Wildman–Crippen LogP) is 2.23. The lowest BCUT2D eigenvalue weighted by molar-refractivity contribution is 0.0946. The molecule has 2 aromatic rings. The average molecular weight is 298 g/mol. The maximum atomic E-state index is 11.6. The van der Waals surface area contributed by atoms with E-state index in [0.717, 1.165) is 5.56 Å². The summed E-state index contributed by atoms with van der Waals surface area (Å²) < 4.78 is 0.707. The second kappa shape index (κ2) is 5.18. The van der Waals surface area contributed by atoms with Gasteiger partial charge in [-0.25, -0.2) is 4.98 Å². The van der Waals surface area contributed by atoms with E-state index >= 15 is 0 Å². The lowest BCUT2D eigenvalue weighted by atomic mass is 10.3. The van der Waals surface area contributed by atoms with Crippen LogP contribution >= 0.6 is 27.3 Å². The molecule has 0 aliphatic rings. The SMILES string of the molecule is O=C(NCc1cccnc1)c1csc(Br)n1. The largest absolute Gasteiger partial charge is 0.347 e. The summed E-state index contributed by atoms with van der Waals surface area (Å²) in [7, 11) is 0. The number of nitrogens with zero attached hydrogens (tertiary/aromatic N) is 2. The van der Waals surface area contributed by atoms with E-state index in [9.17, 15) is 4.79 Å². The van der Waals surface area contributed by atoms with Gasteiger partial charge in [0, 0.05) is 24.3 Å². The van der Waals surface area contributed by atoms with Crippen LogP contribution in [0.5, 0.6) is 0 Å². The smallest absolute Gasteiger partial charge is 0.271 e. The summed E-state index contributed by atoms with van der Waals surface area (Å²) in [4.78, 5) is 19.6. The minimum Gasteiger partial charge on any atom is -0.347 e. The van der Waals surface area contributed by atoms with Crippen LogP contribution in [-0.4, -0.2) is 15.9 Å². The van der Waals surface area contributed by atoms with Crippen LogP contribution in [0.25, 0.3) is 0 Å². The highest BCUT2D eigenvalue weighted by atomic mass is 79.9. The molecule has 6 heteroatoms. The van der Waals surface area contributed by atoms with Crippen molar-refractivity contribution in [3.8, 4) is 0 Å². The van der Waals surface area contributed by atoms with E-state index in [-0.39, 0.29) is 5.91 Å². The van der Waals surface area contributed by atoms with Gasteiger partial charge in [0.15, 0.2) is 3.92 Å². The molecule has 4 nitrogen and oxygen atoms in total. The third-order valence-electron chi connectivity index (χ3n) is 1.88. The molecule has 0 atom stereocenters. The van der Waals surface area contributed by atoms with Crippen LogP contribution < -0.4 is 5.32 Å². The molecule has 0 bridgehead atoms. The predicted molar refractivity (Wildman–Crippen MR) is 65.2 cm³/mol. The number of rotatable bonds is 3. The topological polar surface area (TPSA) is 54.9 Å². The minimum atomic E-state index is -0.175. The third kappa shape index (κ3) is 2.86. The zero-order valence-electron chi connectivity index (χ0n) is 8.18. The van der Waals surface area contributed by atoms with Crippen molar-refractivity contribution < 1.29 is 4.79 Å². The Bertz CT molecular complexity index is 486. The molecule has 16 heavy (non-hydrogen) atoms. The van der Waals surface area contributed by atoms with Crippen molar-refractivity contribution in [3.63, 3.8) is 0 Å². The average Bonchev–Trinajstić information content (AvgIpc) is 2.74. The van der Waals surface area contributed by atoms with E-state index in [1.807, 2.05) is 12.1 Å². The summed E-state index contributed by atoms with van der Waals surface area (Å²) in [6, 6.07) is 3.74. The Labute approximate surface area is 105 Å². The van der Waals surface area contributed by atoms with Gasteiger partial charge >= 0.3 is 0 Å². The number of hydrogen-bond donors (Lipinski definition) is 1. The first-order chi connectivity index (χ1) is 7.75. The monoisotopic (exact) mass is 297 g/mol. The molecule has 2 aromatic heterocycles. The van der Waals surface area contributed by atoms with Crippen molar-refractivity contribution in [2.24, 2.45) is 0 Å². The normalized spacial score (nSPS) is 10.1. The molecular weight excluding hydrogens is 290 g/mol. The van der Waals surface area contributed by atoms with E-state index < -0.39 is 0 Å². The highest BCUT2D eigenvalue weighted by molar-refractivity contribution is 9.11. The first-order valence-electron chi connectivity index (χ1n) is 4.54. The second-order valence-corrected chi connectivity index (χ2v) is 5.16. The van der Waals surface area contributed by atoms with Gasteiger partial charge in [0.1, 0.15) is 5.69 Å². The summed E-state index contributed by atoms with van der Waals surface area (Å²) in [6.07, 6.45) is 3.42. The maximum absolute atomic E-state index is 11.6. The number of nitrogens with one attached hydrogen (secondary N) is 1. The number of hydrogen-bond acceptors (Lipinski definition) is 4. The quantitative estimate of drug-likeness (QED) is 0.945. The molecule has 0 saturated heterocycles. The Morgan fingerprint density at radius 2 is 2.44 bits per heavy atom. The maximum Gasteiger partial charge on any atom is 0.271 e. The summed E-state index contributed by atoms with van der Waals surface area (Å²) in [5.41, 5.74) is 1.39. The number of amides is 1. The van der Waals surface area contributed by atoms with Crippen molar-refractivity contribution in [2.75, 3.05) is 0 Å². The number of pyridine rings is 1. The van der Waals surface area contributed by atoms with Crippen LogP contribution in [0.15, 0.2) is 33.8 Å². The molecule has 0 aromatic carbocycles. The molecule has 0 spiro atoms. The molecule has 0 aliphatic carbocycles. The molecule has 2 heterocycles. The number of aromatic nitrogens is 2. The fourth-order valence-corrected chi connectivity index (χ4v) is 2.12. The van der Waals surface area contributed by atoms with Gasteiger partial charge < -0.3 is 5.32 Å². The second-order valence-electron chi connectivity index (χ2n) is 3.03. The molecule has 2 rings (SSSR count). The fraction of sp³-hybridized carbons (Fsp3) is 0.100. The Balaban J connectivity index is 1.94. The van der Waals surface area contributed by atoms with Gasteiger partial charge in [-0.15, -0.1) is 11.3 Å². The van der Waals surface area contributed by atoms with Gasteiger partial charge in [0.2, 0.25) is 0 Å². The Morgan fingerprint density at radius 1 is 1.56 bits per heavy atom. The van der Waals surface area contributed by atoms with Crippen molar-refractivity contribution in [1.29, 1.82) is 0 Å². The van der Waals surface area contributed by atoms with Crippen molar-refractivity contribution in [3.05, 3.63) is 45.1 Å². The molecule has 0 saturated carbocycles. The van der Waals surface area contributed by atoms with Crippen LogP contribution in [0.2, 0.25) is 0 Å². The van der Waals surface area contributed by atoms with Crippen LogP contribution in [0.4, 0.5) is 0 Å². The summed E-state index contributed by atoms with van der Waals surface area (Å²) in [5.74, 6) is -0.175. The van der Waals surface area contributed by atoms with Crippen LogP contribution in [0, 0.1) is 0 Å². The van der Waals surface area contributed by atoms with E-state index in [2.05, 4.69) is 31.2 Å². The van der Waals surface area contributed by atoms with E-state index in [1.165, 1.54) is 11.3 Å². The van der Waals surface area contributed by atoms with Crippen LogP contribution in [0.1, 0.15) is 16.1 Å². The molecule has 1 amide bonds. The van der Waals surface area contributed by atoms with Gasteiger partial charge in [-0.2, -0.15) is 0 Å². The summed E-state index contributed by atoms with van der Waals surface area (Å²) in [5, 5.41) is 4.48. The number of carbonyl (C=O) groups excluding carboxylic acids is 1. The molecule has 0 fully saturated rings. The highest BCUT2D eigenvalue weighted by Crippen LogP contribution is 2.15. The van der Waals surface area contributed by atoms with Crippen molar-refractivity contribution in [1.82, 2.24) is 15.3 Å². The lowest BCUT2D eigenvalue weighted by Crippen LogP contribution is -2.23. The fourth-order valence-electron chi connectivity index (χ4n) is 1.13. The molecule has 82 valence electrons. The summed E-state index contributed by atoms with van der Waals surface area (Å²) >= 11 is 4.60. The Morgan fingerprint density at radius 3 is 3.06 bits per heavy atom. The van der Waals surface area contributed by atoms with Crippen LogP contribution in [-0.2, 0) is 6.54 Å². The Hall–Kier alpha value is -1.27. The summed E-state index contributed by atoms with van der Waals surface area (Å²) in [6.45, 7) is 0.460. The van der Waals surface area contributed by atoms with Gasteiger partial charge in [-0.1, -0.05) is 6.07 Å². The molecule has 0 aliphatic heterocycles. The van der Waals surface area contributed by atoms with E-state index in [0.29, 0.717) is 16.2 Å². The first kappa shape index (κ1) is 11.2. The van der Waals surface area contributed by atoms with Gasteiger partial charge in [0.25, 0.3) is 5.91 Å². The standard InChI is InChI=1S/C10H8BrN3OS/c11-10-14-8(6-16-10)9(15)13-5-7-2-1-3-12-4-7/h1-4,6H,5H2,(H,13,15). The minimum absolute atomic E-state index is 0.175. The molecule has 0 unspecified atom stereocenters. The zero-order valence-corrected chi connectivity index (χ0v) is 10.6. The molecular formula is C10H8BrN3OS. The molecule has 0 radical (unpaired) electrons. The van der Waals surface area contributed by atoms with Gasteiger partial charge in [-0.05, 0) is 27.6 Å². The van der Waals surface area contributed by atoms with E-state index in [1.54, 1.807) is 17.8 Å². The first-order valence-corrected chi connectivity index (χ1v) is 6.21. The van der Waals surface area contributed by atoms with Crippen LogP contribution in [0.3, 0.4) is 0 Å². The van der Waals surface area contributed by atoms with Crippen molar-refractivity contribution in [2.45, 2.75) is 6.54 Å². The Kier molecular flexibility index (Phi) is 3.63. The number of thiazole rings is 1. The van der Waals surface area contributed by atoms with Crippen molar-refractivity contribution >= 4 is 33.2 Å².